The third-order valence-corrected chi connectivity index (χ3v) is 7.96. The smallest absolute Gasteiger partial charge is 0.366 e. The molecule has 0 bridgehead atoms. The molecule has 2 unspecified atom stereocenters. The van der Waals surface area contributed by atoms with Crippen molar-refractivity contribution in [3.8, 4) is 11.1 Å². The van der Waals surface area contributed by atoms with E-state index < -0.39 is 82.6 Å². The van der Waals surface area contributed by atoms with Gasteiger partial charge in [-0.2, -0.15) is 18.3 Å². The van der Waals surface area contributed by atoms with Gasteiger partial charge in [0.2, 0.25) is 5.91 Å². The van der Waals surface area contributed by atoms with Crippen LogP contribution in [0.1, 0.15) is 56.8 Å². The maximum Gasteiger partial charge on any atom is 0.435 e. The molecule has 7 nitrogen and oxygen atoms in total. The average Bonchev–Trinajstić information content (AvgIpc) is 3.60. The summed E-state index contributed by atoms with van der Waals surface area (Å²) in [4.78, 5) is 29.2. The molecule has 2 aliphatic rings. The van der Waals surface area contributed by atoms with Crippen LogP contribution in [-0.2, 0) is 29.9 Å². The minimum absolute atomic E-state index is 0.0532. The van der Waals surface area contributed by atoms with Gasteiger partial charge in [0, 0.05) is 35.9 Å². The molecule has 2 aromatic carbocycles. The molecule has 0 spiro atoms. The molecule has 2 aromatic heterocycles. The molecular weight excluding hydrogens is 614 g/mol. The zero-order chi connectivity index (χ0) is 32.4. The molecule has 0 saturated heterocycles. The van der Waals surface area contributed by atoms with Crippen molar-refractivity contribution >= 4 is 11.8 Å². The van der Waals surface area contributed by atoms with E-state index in [2.05, 4.69) is 15.4 Å². The fraction of sp³-hybridized carbons (Fsp3) is 0.267. The van der Waals surface area contributed by atoms with Crippen LogP contribution < -0.4 is 11.1 Å². The summed E-state index contributed by atoms with van der Waals surface area (Å²) in [5.74, 6) is -10.7. The lowest BCUT2D eigenvalue weighted by Gasteiger charge is -2.23. The lowest BCUT2D eigenvalue weighted by Crippen LogP contribution is -2.34. The summed E-state index contributed by atoms with van der Waals surface area (Å²) in [6, 6.07) is 6.42. The van der Waals surface area contributed by atoms with Crippen molar-refractivity contribution in [2.75, 3.05) is 0 Å². The molecule has 2 amide bonds. The zero-order valence-corrected chi connectivity index (χ0v) is 22.8. The molecule has 0 radical (unpaired) electrons. The zero-order valence-electron chi connectivity index (χ0n) is 22.8. The van der Waals surface area contributed by atoms with Crippen molar-refractivity contribution in [1.29, 1.82) is 0 Å². The van der Waals surface area contributed by atoms with Gasteiger partial charge in [-0.05, 0) is 59.9 Å². The van der Waals surface area contributed by atoms with E-state index in [0.29, 0.717) is 16.3 Å². The lowest BCUT2D eigenvalue weighted by molar-refractivity contribution is -0.146. The molecule has 0 aliphatic heterocycles. The number of fused-ring (bicyclic) bond motifs is 3. The van der Waals surface area contributed by atoms with Crippen LogP contribution in [0.2, 0.25) is 0 Å². The number of nitrogens with one attached hydrogen (secondary N) is 1. The first-order chi connectivity index (χ1) is 21.1. The highest BCUT2D eigenvalue weighted by atomic mass is 19.4. The van der Waals surface area contributed by atoms with Gasteiger partial charge in [0.25, 0.3) is 11.8 Å². The Morgan fingerprint density at radius 2 is 1.78 bits per heavy atom. The number of nitrogens with two attached hydrogens (primary N) is 1. The van der Waals surface area contributed by atoms with Gasteiger partial charge >= 0.3 is 6.18 Å². The second-order valence-electron chi connectivity index (χ2n) is 11.0. The third kappa shape index (κ3) is 5.51. The number of carbonyl (C=O) groups is 2. The molecule has 15 heteroatoms. The third-order valence-electron chi connectivity index (χ3n) is 7.96. The van der Waals surface area contributed by atoms with Gasteiger partial charge < -0.3 is 11.1 Å². The van der Waals surface area contributed by atoms with Crippen LogP contribution >= 0.6 is 0 Å². The minimum atomic E-state index is -5.19. The van der Waals surface area contributed by atoms with E-state index in [0.717, 1.165) is 24.3 Å². The monoisotopic (exact) mass is 635 g/mol. The summed E-state index contributed by atoms with van der Waals surface area (Å²) < 4.78 is 114. The summed E-state index contributed by atoms with van der Waals surface area (Å²) in [6.07, 6.45) is -2.87. The van der Waals surface area contributed by atoms with Crippen molar-refractivity contribution < 1.29 is 44.7 Å². The van der Waals surface area contributed by atoms with Crippen molar-refractivity contribution in [3.63, 3.8) is 0 Å². The molecule has 45 heavy (non-hydrogen) atoms. The summed E-state index contributed by atoms with van der Waals surface area (Å²) in [7, 11) is 0. The number of hydrogen-bond donors (Lipinski definition) is 2. The Bertz CT molecular complexity index is 1830. The predicted molar refractivity (Wildman–Crippen MR) is 141 cm³/mol. The normalized spacial score (nSPS) is 18.7. The van der Waals surface area contributed by atoms with E-state index in [4.69, 9.17) is 5.73 Å². The van der Waals surface area contributed by atoms with Crippen molar-refractivity contribution in [3.05, 3.63) is 106 Å². The fourth-order valence-corrected chi connectivity index (χ4v) is 5.99. The fourth-order valence-electron chi connectivity index (χ4n) is 5.99. The maximum atomic E-state index is 14.8. The number of alkyl halides is 5. The van der Waals surface area contributed by atoms with Gasteiger partial charge in [0.1, 0.15) is 24.0 Å². The van der Waals surface area contributed by atoms with Crippen LogP contribution in [0.3, 0.4) is 0 Å². The molecule has 234 valence electrons. The number of rotatable bonds is 8. The number of pyridine rings is 1. The second kappa shape index (κ2) is 10.7. The van der Waals surface area contributed by atoms with Crippen molar-refractivity contribution in [2.45, 2.75) is 43.4 Å². The molecule has 3 N–H and O–H groups in total. The second-order valence-corrected chi connectivity index (χ2v) is 11.0. The number of benzene rings is 2. The Hall–Kier alpha value is -4.82. The average molecular weight is 636 g/mol. The molecule has 2 aliphatic carbocycles. The lowest BCUT2D eigenvalue weighted by atomic mass is 9.92. The quantitative estimate of drug-likeness (QED) is 0.240. The molecule has 1 fully saturated rings. The van der Waals surface area contributed by atoms with Gasteiger partial charge in [-0.3, -0.25) is 19.3 Å². The largest absolute Gasteiger partial charge is 0.435 e. The van der Waals surface area contributed by atoms with Crippen LogP contribution in [0.15, 0.2) is 54.9 Å². The first-order valence-corrected chi connectivity index (χ1v) is 13.5. The molecule has 2 heterocycles. The van der Waals surface area contributed by atoms with E-state index in [1.807, 2.05) is 0 Å². The number of hydrogen-bond acceptors (Lipinski definition) is 4. The van der Waals surface area contributed by atoms with E-state index in [1.165, 1.54) is 24.5 Å². The molecule has 3 atom stereocenters. The van der Waals surface area contributed by atoms with Gasteiger partial charge in [0.15, 0.2) is 5.69 Å². The van der Waals surface area contributed by atoms with E-state index in [1.54, 1.807) is 0 Å². The molecule has 6 rings (SSSR count). The molecule has 4 aromatic rings. The number of halogens is 8. The van der Waals surface area contributed by atoms with E-state index in [9.17, 15) is 44.7 Å². The Balaban J connectivity index is 1.38. The summed E-state index contributed by atoms with van der Waals surface area (Å²) in [5, 5.41) is 5.96. The van der Waals surface area contributed by atoms with Crippen LogP contribution in [0.4, 0.5) is 35.1 Å². The summed E-state index contributed by atoms with van der Waals surface area (Å²) in [5.41, 5.74) is 2.34. The molecular formula is C30H21F8N5O2. The highest BCUT2D eigenvalue weighted by Crippen LogP contribution is 2.68. The molecule has 1 saturated carbocycles. The van der Waals surface area contributed by atoms with E-state index >= 15 is 0 Å². The number of amides is 2. The van der Waals surface area contributed by atoms with Crippen LogP contribution in [0, 0.1) is 23.4 Å². The predicted octanol–water partition coefficient (Wildman–Crippen LogP) is 5.79. The van der Waals surface area contributed by atoms with Gasteiger partial charge in [-0.1, -0.05) is 6.07 Å². The Morgan fingerprint density at radius 3 is 2.44 bits per heavy atom. The Morgan fingerprint density at radius 1 is 1.07 bits per heavy atom. The Labute approximate surface area is 249 Å². The first-order valence-electron chi connectivity index (χ1n) is 13.5. The van der Waals surface area contributed by atoms with Gasteiger partial charge in [-0.25, -0.2) is 22.0 Å². The first kappa shape index (κ1) is 30.2. The highest BCUT2D eigenvalue weighted by molar-refractivity contribution is 5.94. The number of primary amides is 1. The maximum absolute atomic E-state index is 14.8. The number of nitrogens with zero attached hydrogens (tertiary/aromatic N) is 3. The standard InChI is InChI=1S/C30H21F8N5O2/c31-15-5-13(6-16(32)9-15)7-23(20-11-40-4-3-17(20)14-1-2-22(33)19(8-14)28(39)45)41-24(44)12-43-26-18-10-21(18)29(34,35)25(26)27(42-43)30(36,37)38/h1-6,8-9,11,18,21,23H,7,10,12H2,(H2,39,45)(H,41,44)/t18?,21?,23-/m0/s1. The van der Waals surface area contributed by atoms with Crippen LogP contribution in [-0.4, -0.2) is 26.6 Å². The number of aromatic nitrogens is 3. The van der Waals surface area contributed by atoms with E-state index in [-0.39, 0.29) is 35.2 Å². The van der Waals surface area contributed by atoms with Crippen LogP contribution in [0.5, 0.6) is 0 Å². The Kier molecular flexibility index (Phi) is 7.16. The topological polar surface area (TPSA) is 103 Å². The number of carbonyl (C=O) groups excluding carboxylic acids is 2. The minimum Gasteiger partial charge on any atom is -0.366 e. The summed E-state index contributed by atoms with van der Waals surface area (Å²) >= 11 is 0. The van der Waals surface area contributed by atoms with Crippen molar-refractivity contribution in [2.24, 2.45) is 11.7 Å². The summed E-state index contributed by atoms with van der Waals surface area (Å²) in [6.45, 7) is -0.871. The van der Waals surface area contributed by atoms with Gasteiger partial charge in [0.05, 0.1) is 22.9 Å². The van der Waals surface area contributed by atoms with Gasteiger partial charge in [-0.15, -0.1) is 0 Å². The SMILES string of the molecule is NC(=O)c1cc(-c2ccncc2[C@H](Cc2cc(F)cc(F)c2)NC(=O)Cn2nc(C(F)(F)F)c3c2C2CC2C3(F)F)ccc1F. The van der Waals surface area contributed by atoms with Crippen molar-refractivity contribution in [1.82, 2.24) is 20.1 Å². The van der Waals surface area contributed by atoms with Crippen LogP contribution in [0.25, 0.3) is 11.1 Å². The highest BCUT2D eigenvalue weighted by Gasteiger charge is 2.68.